The second-order valence-electron chi connectivity index (χ2n) is 15.3. The van der Waals surface area contributed by atoms with Gasteiger partial charge in [-0.2, -0.15) is 0 Å². The molecule has 1 N–H and O–H groups in total. The largest absolute Gasteiger partial charge is 0.477 e. The molecule has 0 rings (SSSR count). The van der Waals surface area contributed by atoms with Gasteiger partial charge in [-0.05, 0) is 57.8 Å². The van der Waals surface area contributed by atoms with Gasteiger partial charge in [0.25, 0.3) is 0 Å². The van der Waals surface area contributed by atoms with Gasteiger partial charge < -0.3 is 23.8 Å². The van der Waals surface area contributed by atoms with E-state index in [1.807, 2.05) is 51.5 Å². The zero-order valence-electron chi connectivity index (χ0n) is 35.6. The topological polar surface area (TPSA) is 99.1 Å². The van der Waals surface area contributed by atoms with Gasteiger partial charge in [-0.1, -0.05) is 151 Å². The lowest BCUT2D eigenvalue weighted by Crippen LogP contribution is -2.50. The van der Waals surface area contributed by atoms with E-state index in [1.54, 1.807) is 0 Å². The summed E-state index contributed by atoms with van der Waals surface area (Å²) in [6.45, 7) is 4.52. The summed E-state index contributed by atoms with van der Waals surface area (Å²) >= 11 is 0. The molecule has 0 saturated heterocycles. The Bertz CT molecular complexity index is 1130. The van der Waals surface area contributed by atoms with Gasteiger partial charge in [-0.25, -0.2) is 4.79 Å². The standard InChI is InChI=1S/C47H79NO7/c1-6-8-10-12-14-16-18-20-22-24-25-27-29-31-33-35-37-45(49)54-42-43(41-53-40-39-44(47(51)52)48(3,4)5)55-46(50)38-36-34-32-30-28-26-23-21-19-17-15-13-11-9-7-2/h9,11,13,15,17,19,21-25,27,43-44H,6-8,10,12,14,16,18,20,26,28-42H2,1-5H3/p+1/b11-9+,15-13+,19-17+,23-21+,24-22+,27-25+. The van der Waals surface area contributed by atoms with Crippen LogP contribution in [-0.4, -0.2) is 80.6 Å². The molecule has 314 valence electrons. The van der Waals surface area contributed by atoms with Gasteiger partial charge in [-0.15, -0.1) is 0 Å². The molecule has 8 heteroatoms. The number of esters is 2. The third kappa shape index (κ3) is 36.2. The summed E-state index contributed by atoms with van der Waals surface area (Å²) in [5, 5.41) is 9.61. The van der Waals surface area contributed by atoms with Crippen LogP contribution in [0.3, 0.4) is 0 Å². The molecule has 0 fully saturated rings. The van der Waals surface area contributed by atoms with Crippen LogP contribution in [0.2, 0.25) is 0 Å². The third-order valence-corrected chi connectivity index (χ3v) is 9.21. The number of quaternary nitrogens is 1. The zero-order valence-corrected chi connectivity index (χ0v) is 35.6. The van der Waals surface area contributed by atoms with Gasteiger partial charge in [0.05, 0.1) is 34.4 Å². The Balaban J connectivity index is 4.46. The highest BCUT2D eigenvalue weighted by Crippen LogP contribution is 2.13. The van der Waals surface area contributed by atoms with Crippen molar-refractivity contribution in [2.24, 2.45) is 0 Å². The summed E-state index contributed by atoms with van der Waals surface area (Å²) in [4.78, 5) is 36.9. The molecule has 8 nitrogen and oxygen atoms in total. The van der Waals surface area contributed by atoms with Crippen LogP contribution in [-0.2, 0) is 28.6 Å². The van der Waals surface area contributed by atoms with E-state index < -0.39 is 18.1 Å². The Morgan fingerprint density at radius 2 is 1.02 bits per heavy atom. The normalized spacial score (nSPS) is 13.7. The van der Waals surface area contributed by atoms with E-state index in [9.17, 15) is 19.5 Å². The molecule has 0 aromatic carbocycles. The first-order valence-electron chi connectivity index (χ1n) is 21.5. The Labute approximate surface area is 336 Å². The first-order valence-corrected chi connectivity index (χ1v) is 21.5. The van der Waals surface area contributed by atoms with Crippen LogP contribution in [0, 0.1) is 0 Å². The van der Waals surface area contributed by atoms with Crippen molar-refractivity contribution in [1.29, 1.82) is 0 Å². The van der Waals surface area contributed by atoms with Crippen LogP contribution < -0.4 is 0 Å². The SMILES string of the molecule is CC/C=C/C=C/C=C/C=C/CCCCCCCC(=O)OC(COCCC(C(=O)O)[N+](C)(C)C)COC(=O)CCCCC/C=C/C=C/CCCCCCCCC. The summed E-state index contributed by atoms with van der Waals surface area (Å²) in [5.41, 5.74) is 0. The van der Waals surface area contributed by atoms with Crippen LogP contribution >= 0.6 is 0 Å². The van der Waals surface area contributed by atoms with Gasteiger partial charge in [0.15, 0.2) is 12.1 Å². The van der Waals surface area contributed by atoms with E-state index in [4.69, 9.17) is 14.2 Å². The Morgan fingerprint density at radius 3 is 1.55 bits per heavy atom. The minimum atomic E-state index is -0.886. The molecular weight excluding hydrogens is 691 g/mol. The number of allylic oxidation sites excluding steroid dienone is 12. The zero-order chi connectivity index (χ0) is 40.7. The van der Waals surface area contributed by atoms with Crippen LogP contribution in [0.1, 0.15) is 155 Å². The number of likely N-dealkylation sites (N-methyl/N-ethyl adjacent to an activating group) is 1. The van der Waals surface area contributed by atoms with Crippen molar-refractivity contribution in [2.45, 2.75) is 167 Å². The number of carbonyl (C=O) groups is 3. The molecule has 2 atom stereocenters. The van der Waals surface area contributed by atoms with Crippen molar-refractivity contribution in [2.75, 3.05) is 41.0 Å². The highest BCUT2D eigenvalue weighted by molar-refractivity contribution is 5.72. The molecule has 0 aliphatic carbocycles. The average molecular weight is 771 g/mol. The maximum atomic E-state index is 12.7. The van der Waals surface area contributed by atoms with Gasteiger partial charge in [0.1, 0.15) is 6.61 Å². The van der Waals surface area contributed by atoms with Crippen molar-refractivity contribution in [3.8, 4) is 0 Å². The van der Waals surface area contributed by atoms with Gasteiger partial charge in [-0.3, -0.25) is 9.59 Å². The molecule has 55 heavy (non-hydrogen) atoms. The van der Waals surface area contributed by atoms with Gasteiger partial charge in [0, 0.05) is 19.3 Å². The van der Waals surface area contributed by atoms with Gasteiger partial charge >= 0.3 is 17.9 Å². The van der Waals surface area contributed by atoms with Crippen LogP contribution in [0.15, 0.2) is 72.9 Å². The number of carbonyl (C=O) groups excluding carboxylic acids is 2. The Morgan fingerprint density at radius 1 is 0.564 bits per heavy atom. The summed E-state index contributed by atoms with van der Waals surface area (Å²) in [5.74, 6) is -1.54. The number of rotatable bonds is 37. The molecule has 0 aliphatic rings. The van der Waals surface area contributed by atoms with E-state index >= 15 is 0 Å². The summed E-state index contributed by atoms with van der Waals surface area (Å²) in [6, 6.07) is -0.626. The van der Waals surface area contributed by atoms with Gasteiger partial charge in [0.2, 0.25) is 0 Å². The van der Waals surface area contributed by atoms with Crippen LogP contribution in [0.4, 0.5) is 0 Å². The number of unbranched alkanes of at least 4 members (excludes halogenated alkanes) is 15. The number of carboxylic acids is 1. The van der Waals surface area contributed by atoms with E-state index in [1.165, 1.54) is 44.9 Å². The van der Waals surface area contributed by atoms with Crippen LogP contribution in [0.5, 0.6) is 0 Å². The molecule has 2 unspecified atom stereocenters. The van der Waals surface area contributed by atoms with Crippen molar-refractivity contribution in [1.82, 2.24) is 0 Å². The van der Waals surface area contributed by atoms with Crippen molar-refractivity contribution in [3.05, 3.63) is 72.9 Å². The maximum Gasteiger partial charge on any atom is 0.362 e. The highest BCUT2D eigenvalue weighted by atomic mass is 16.6. The predicted octanol–water partition coefficient (Wildman–Crippen LogP) is 11.6. The first kappa shape index (κ1) is 51.8. The predicted molar refractivity (Wildman–Crippen MR) is 229 cm³/mol. The summed E-state index contributed by atoms with van der Waals surface area (Å²) in [6.07, 6.45) is 46.6. The molecule has 0 amide bonds. The number of aliphatic carboxylic acids is 1. The fraction of sp³-hybridized carbons (Fsp3) is 0.681. The van der Waals surface area contributed by atoms with Crippen molar-refractivity contribution < 1.29 is 38.2 Å². The fourth-order valence-corrected chi connectivity index (χ4v) is 5.86. The second kappa shape index (κ2) is 37.7. The van der Waals surface area contributed by atoms with E-state index in [2.05, 4.69) is 56.4 Å². The summed E-state index contributed by atoms with van der Waals surface area (Å²) in [7, 11) is 5.50. The number of hydrogen-bond donors (Lipinski definition) is 1. The Kier molecular flexibility index (Phi) is 35.5. The molecule has 0 heterocycles. The minimum absolute atomic E-state index is 0.0389. The average Bonchev–Trinajstić information content (AvgIpc) is 3.14. The van der Waals surface area contributed by atoms with Crippen LogP contribution in [0.25, 0.3) is 0 Å². The lowest BCUT2D eigenvalue weighted by molar-refractivity contribution is -0.887. The molecule has 0 aromatic rings. The monoisotopic (exact) mass is 771 g/mol. The first-order chi connectivity index (χ1) is 26.6. The number of carboxylic acid groups (broad SMARTS) is 1. The number of hydrogen-bond acceptors (Lipinski definition) is 6. The molecule has 0 saturated carbocycles. The lowest BCUT2D eigenvalue weighted by Gasteiger charge is -2.31. The fourth-order valence-electron chi connectivity index (χ4n) is 5.86. The number of ether oxygens (including phenoxy) is 3. The molecular formula is C47H80NO7+. The molecule has 0 aliphatic heterocycles. The van der Waals surface area contributed by atoms with E-state index in [0.29, 0.717) is 19.3 Å². The number of nitrogens with zero attached hydrogens (tertiary/aromatic N) is 1. The molecule has 0 bridgehead atoms. The van der Waals surface area contributed by atoms with Crippen molar-refractivity contribution in [3.63, 3.8) is 0 Å². The maximum absolute atomic E-state index is 12.7. The molecule has 0 radical (unpaired) electrons. The second-order valence-corrected chi connectivity index (χ2v) is 15.3. The van der Waals surface area contributed by atoms with E-state index in [-0.39, 0.29) is 36.2 Å². The molecule has 0 aromatic heterocycles. The third-order valence-electron chi connectivity index (χ3n) is 9.21. The molecule has 0 spiro atoms. The smallest absolute Gasteiger partial charge is 0.362 e. The van der Waals surface area contributed by atoms with E-state index in [0.717, 1.165) is 77.0 Å². The lowest BCUT2D eigenvalue weighted by atomic mass is 10.1. The summed E-state index contributed by atoms with van der Waals surface area (Å²) < 4.78 is 17.2. The highest BCUT2D eigenvalue weighted by Gasteiger charge is 2.31. The minimum Gasteiger partial charge on any atom is -0.477 e. The Hall–Kier alpha value is -3.23. The quantitative estimate of drug-likeness (QED) is 0.0291. The van der Waals surface area contributed by atoms with Crippen molar-refractivity contribution >= 4 is 17.9 Å².